The molecular weight excluding hydrogens is 247 g/mol. The summed E-state index contributed by atoms with van der Waals surface area (Å²) in [5.74, 6) is -0.329. The van der Waals surface area contributed by atoms with Gasteiger partial charge in [0.05, 0.1) is 12.1 Å². The van der Waals surface area contributed by atoms with E-state index in [1.807, 2.05) is 6.92 Å². The molecule has 2 rings (SSSR count). The van der Waals surface area contributed by atoms with E-state index in [4.69, 9.17) is 4.74 Å². The molecule has 5 heteroatoms. The van der Waals surface area contributed by atoms with Crippen molar-refractivity contribution < 1.29 is 13.9 Å². The van der Waals surface area contributed by atoms with E-state index in [-0.39, 0.29) is 24.0 Å². The number of aryl methyl sites for hydroxylation is 1. The quantitative estimate of drug-likeness (QED) is 0.883. The SMILES string of the molecule is Cc1ccc(NC(=O)N[C@@H](C)[C@H]2CCCO2)cc1F. The summed E-state index contributed by atoms with van der Waals surface area (Å²) in [6, 6.07) is 4.22. The molecule has 2 N–H and O–H groups in total. The molecule has 0 aliphatic carbocycles. The number of hydrogen-bond acceptors (Lipinski definition) is 2. The maximum Gasteiger partial charge on any atom is 0.319 e. The van der Waals surface area contributed by atoms with Crippen LogP contribution >= 0.6 is 0 Å². The van der Waals surface area contributed by atoms with E-state index in [0.717, 1.165) is 19.4 Å². The fourth-order valence-corrected chi connectivity index (χ4v) is 2.13. The first-order valence-electron chi connectivity index (χ1n) is 6.51. The molecule has 19 heavy (non-hydrogen) atoms. The molecule has 0 aromatic heterocycles. The van der Waals surface area contributed by atoms with Crippen molar-refractivity contribution in [3.8, 4) is 0 Å². The predicted octanol–water partition coefficient (Wildman–Crippen LogP) is 2.82. The van der Waals surface area contributed by atoms with Crippen LogP contribution in [0.1, 0.15) is 25.3 Å². The highest BCUT2D eigenvalue weighted by Gasteiger charge is 2.23. The summed E-state index contributed by atoms with van der Waals surface area (Å²) in [6.07, 6.45) is 2.06. The Balaban J connectivity index is 1.88. The molecule has 4 nitrogen and oxygen atoms in total. The largest absolute Gasteiger partial charge is 0.376 e. The topological polar surface area (TPSA) is 50.4 Å². The number of carbonyl (C=O) groups excluding carboxylic acids is 1. The highest BCUT2D eigenvalue weighted by Crippen LogP contribution is 2.16. The molecule has 1 aliphatic heterocycles. The summed E-state index contributed by atoms with van der Waals surface area (Å²) in [4.78, 5) is 11.8. The van der Waals surface area contributed by atoms with Gasteiger partial charge in [-0.2, -0.15) is 0 Å². The third-order valence-corrected chi connectivity index (χ3v) is 3.31. The van der Waals surface area contributed by atoms with Crippen LogP contribution in [0.15, 0.2) is 18.2 Å². The van der Waals surface area contributed by atoms with Crippen LogP contribution in [0.25, 0.3) is 0 Å². The van der Waals surface area contributed by atoms with Crippen LogP contribution in [0.2, 0.25) is 0 Å². The number of ether oxygens (including phenoxy) is 1. The van der Waals surface area contributed by atoms with Crippen LogP contribution in [0, 0.1) is 12.7 Å². The minimum atomic E-state index is -0.341. The number of hydrogen-bond donors (Lipinski definition) is 2. The molecule has 1 aromatic carbocycles. The Morgan fingerprint density at radius 1 is 1.53 bits per heavy atom. The van der Waals surface area contributed by atoms with Crippen LogP contribution in [0.5, 0.6) is 0 Å². The number of urea groups is 1. The lowest BCUT2D eigenvalue weighted by Gasteiger charge is -2.20. The summed E-state index contributed by atoms with van der Waals surface area (Å²) in [7, 11) is 0. The van der Waals surface area contributed by atoms with Gasteiger partial charge in [0.15, 0.2) is 0 Å². The van der Waals surface area contributed by atoms with Crippen molar-refractivity contribution in [2.75, 3.05) is 11.9 Å². The number of benzene rings is 1. The Morgan fingerprint density at radius 3 is 2.95 bits per heavy atom. The van der Waals surface area contributed by atoms with Gasteiger partial charge in [0, 0.05) is 12.3 Å². The average Bonchev–Trinajstić information content (AvgIpc) is 2.87. The van der Waals surface area contributed by atoms with Crippen molar-refractivity contribution in [1.29, 1.82) is 0 Å². The molecule has 0 radical (unpaired) electrons. The molecule has 1 fully saturated rings. The van der Waals surface area contributed by atoms with Gasteiger partial charge in [0.2, 0.25) is 0 Å². The van der Waals surface area contributed by atoms with Crippen molar-refractivity contribution in [2.24, 2.45) is 0 Å². The Hall–Kier alpha value is -1.62. The first kappa shape index (κ1) is 13.8. The van der Waals surface area contributed by atoms with Gasteiger partial charge >= 0.3 is 6.03 Å². The number of halogens is 1. The Bertz CT molecular complexity index is 459. The molecule has 2 amide bonds. The summed E-state index contributed by atoms with van der Waals surface area (Å²) in [6.45, 7) is 4.34. The first-order valence-corrected chi connectivity index (χ1v) is 6.51. The van der Waals surface area contributed by atoms with Gasteiger partial charge in [-0.15, -0.1) is 0 Å². The van der Waals surface area contributed by atoms with Crippen LogP contribution in [0.3, 0.4) is 0 Å². The van der Waals surface area contributed by atoms with Gasteiger partial charge in [0.1, 0.15) is 5.82 Å². The van der Waals surface area contributed by atoms with Crippen molar-refractivity contribution in [2.45, 2.75) is 38.8 Å². The number of anilines is 1. The molecule has 0 bridgehead atoms. The Morgan fingerprint density at radius 2 is 2.32 bits per heavy atom. The van der Waals surface area contributed by atoms with Crippen molar-refractivity contribution in [1.82, 2.24) is 5.32 Å². The zero-order valence-corrected chi connectivity index (χ0v) is 11.2. The van der Waals surface area contributed by atoms with Gasteiger partial charge in [-0.3, -0.25) is 0 Å². The third-order valence-electron chi connectivity index (χ3n) is 3.31. The molecular formula is C14H19FN2O2. The predicted molar refractivity (Wildman–Crippen MR) is 71.7 cm³/mol. The Labute approximate surface area is 112 Å². The van der Waals surface area contributed by atoms with E-state index in [2.05, 4.69) is 10.6 Å². The molecule has 1 aromatic rings. The van der Waals surface area contributed by atoms with Crippen molar-refractivity contribution >= 4 is 11.7 Å². The van der Waals surface area contributed by atoms with Gasteiger partial charge in [0.25, 0.3) is 0 Å². The second kappa shape index (κ2) is 6.02. The minimum absolute atomic E-state index is 0.0576. The normalized spacial score (nSPS) is 20.1. The number of amides is 2. The summed E-state index contributed by atoms with van der Waals surface area (Å²) >= 11 is 0. The smallest absolute Gasteiger partial charge is 0.319 e. The van der Waals surface area contributed by atoms with Crippen molar-refractivity contribution in [3.05, 3.63) is 29.6 Å². The van der Waals surface area contributed by atoms with Gasteiger partial charge in [-0.1, -0.05) is 6.07 Å². The molecule has 0 spiro atoms. The fourth-order valence-electron chi connectivity index (χ4n) is 2.13. The van der Waals surface area contributed by atoms with Crippen molar-refractivity contribution in [3.63, 3.8) is 0 Å². The zero-order valence-electron chi connectivity index (χ0n) is 11.2. The first-order chi connectivity index (χ1) is 9.06. The lowest BCUT2D eigenvalue weighted by Crippen LogP contribution is -2.42. The van der Waals surface area contributed by atoms with E-state index in [1.165, 1.54) is 6.07 Å². The van der Waals surface area contributed by atoms with Crippen LogP contribution in [-0.2, 0) is 4.74 Å². The maximum absolute atomic E-state index is 13.3. The highest BCUT2D eigenvalue weighted by molar-refractivity contribution is 5.89. The van der Waals surface area contributed by atoms with E-state index in [0.29, 0.717) is 11.3 Å². The van der Waals surface area contributed by atoms with E-state index < -0.39 is 0 Å². The number of nitrogens with one attached hydrogen (secondary N) is 2. The standard InChI is InChI=1S/C14H19FN2O2/c1-9-5-6-11(8-12(9)15)17-14(18)16-10(2)13-4-3-7-19-13/h5-6,8,10,13H,3-4,7H2,1-2H3,(H2,16,17,18)/t10-,13+/m0/s1. The third kappa shape index (κ3) is 3.67. The molecule has 104 valence electrons. The zero-order chi connectivity index (χ0) is 13.8. The summed E-state index contributed by atoms with van der Waals surface area (Å²) in [5.41, 5.74) is 0.999. The Kier molecular flexibility index (Phi) is 4.37. The van der Waals surface area contributed by atoms with Crippen LogP contribution < -0.4 is 10.6 Å². The lowest BCUT2D eigenvalue weighted by molar-refractivity contribution is 0.0868. The minimum Gasteiger partial charge on any atom is -0.376 e. The van der Waals surface area contributed by atoms with Gasteiger partial charge in [-0.05, 0) is 44.4 Å². The molecule has 0 saturated carbocycles. The average molecular weight is 266 g/mol. The number of carbonyl (C=O) groups is 1. The fraction of sp³-hybridized carbons (Fsp3) is 0.500. The summed E-state index contributed by atoms with van der Waals surface area (Å²) in [5, 5.41) is 5.43. The van der Waals surface area contributed by atoms with Gasteiger partial charge < -0.3 is 15.4 Å². The second-order valence-corrected chi connectivity index (χ2v) is 4.90. The van der Waals surface area contributed by atoms with E-state index in [1.54, 1.807) is 19.1 Å². The second-order valence-electron chi connectivity index (χ2n) is 4.90. The number of rotatable bonds is 3. The van der Waals surface area contributed by atoms with E-state index >= 15 is 0 Å². The highest BCUT2D eigenvalue weighted by atomic mass is 19.1. The lowest BCUT2D eigenvalue weighted by atomic mass is 10.1. The van der Waals surface area contributed by atoms with Gasteiger partial charge in [-0.25, -0.2) is 9.18 Å². The molecule has 1 aliphatic rings. The van der Waals surface area contributed by atoms with Crippen LogP contribution in [0.4, 0.5) is 14.9 Å². The molecule has 1 heterocycles. The van der Waals surface area contributed by atoms with E-state index in [9.17, 15) is 9.18 Å². The monoisotopic (exact) mass is 266 g/mol. The summed E-state index contributed by atoms with van der Waals surface area (Å²) < 4.78 is 18.8. The van der Waals surface area contributed by atoms with Crippen LogP contribution in [-0.4, -0.2) is 24.8 Å². The molecule has 2 atom stereocenters. The maximum atomic E-state index is 13.3. The molecule has 0 unspecified atom stereocenters. The molecule has 1 saturated heterocycles.